The first-order valence-corrected chi connectivity index (χ1v) is 6.39. The number of hydrogen-bond donors (Lipinski definition) is 0. The van der Waals surface area contributed by atoms with Crippen molar-refractivity contribution in [1.82, 2.24) is 0 Å². The molecule has 0 fully saturated rings. The Morgan fingerprint density at radius 2 is 1.92 bits per heavy atom. The fraction of sp³-hybridized carbons (Fsp3) is 0.400. The summed E-state index contributed by atoms with van der Waals surface area (Å²) in [6.45, 7) is 1.43. The van der Waals surface area contributed by atoms with Crippen LogP contribution in [0.4, 0.5) is 0 Å². The monoisotopic (exact) mass is 209 g/mol. The van der Waals surface area contributed by atoms with Crippen molar-refractivity contribution in [2.45, 2.75) is 6.92 Å². The van der Waals surface area contributed by atoms with Crippen LogP contribution >= 0.6 is 0 Å². The highest BCUT2D eigenvalue weighted by Crippen LogP contribution is 2.16. The van der Waals surface area contributed by atoms with Gasteiger partial charge in [-0.3, -0.25) is 0 Å². The first-order valence-electron chi connectivity index (χ1n) is 2.95. The predicted molar refractivity (Wildman–Crippen MR) is 45.0 cm³/mol. The number of hydrogen-bond acceptors (Lipinski definition) is 5. The highest BCUT2D eigenvalue weighted by molar-refractivity contribution is 8.32. The Morgan fingerprint density at radius 3 is 2.08 bits per heavy atom. The normalized spacial score (nSPS) is 21.8. The molecule has 7 heteroatoms. The van der Waals surface area contributed by atoms with Gasteiger partial charge in [0, 0.05) is 6.26 Å². The lowest BCUT2D eigenvalue weighted by Gasteiger charge is -1.93. The van der Waals surface area contributed by atoms with Crippen LogP contribution in [0.5, 0.6) is 0 Å². The molecule has 0 radical (unpaired) electrons. The van der Waals surface area contributed by atoms with Crippen LogP contribution in [0, 0.1) is 0 Å². The van der Waals surface area contributed by atoms with Gasteiger partial charge in [0.1, 0.15) is 0 Å². The van der Waals surface area contributed by atoms with Gasteiger partial charge in [0.25, 0.3) is 4.38 Å². The maximum atomic E-state index is 11.0. The van der Waals surface area contributed by atoms with E-state index in [1.807, 2.05) is 0 Å². The lowest BCUT2D eigenvalue weighted by Crippen LogP contribution is -2.19. The summed E-state index contributed by atoms with van der Waals surface area (Å²) in [7, 11) is -7.53. The molecule has 0 spiro atoms. The highest BCUT2D eigenvalue weighted by Gasteiger charge is 2.31. The summed E-state index contributed by atoms with van der Waals surface area (Å²) in [5, 5.41) is 0.837. The number of allylic oxidation sites excluding steroid dienone is 1. The summed E-state index contributed by atoms with van der Waals surface area (Å²) < 4.78 is 43.0. The smallest absolute Gasteiger partial charge is 0.230 e. The lowest BCUT2D eigenvalue weighted by molar-refractivity contribution is 0.610. The van der Waals surface area contributed by atoms with Gasteiger partial charge in [0.05, 0.1) is 11.1 Å². The summed E-state index contributed by atoms with van der Waals surface area (Å²) in [6, 6.07) is 0. The number of nitrogens with zero attached hydrogens (tertiary/aromatic N) is 1. The van der Waals surface area contributed by atoms with Crippen LogP contribution in [0.1, 0.15) is 6.92 Å². The third kappa shape index (κ3) is 1.56. The van der Waals surface area contributed by atoms with E-state index >= 15 is 0 Å². The van der Waals surface area contributed by atoms with E-state index in [9.17, 15) is 16.8 Å². The molecule has 68 valence electrons. The average molecular weight is 209 g/mol. The second kappa shape index (κ2) is 2.40. The molecule has 0 aliphatic carbocycles. The molecule has 0 atom stereocenters. The number of sulfone groups is 2. The number of rotatable bonds is 0. The maximum Gasteiger partial charge on any atom is 0.251 e. The Labute approximate surface area is 70.6 Å². The van der Waals surface area contributed by atoms with Gasteiger partial charge in [-0.15, -0.1) is 0 Å². The molecule has 1 aliphatic heterocycles. The molecule has 0 N–H and O–H groups in total. The van der Waals surface area contributed by atoms with Gasteiger partial charge in [-0.25, -0.2) is 21.8 Å². The molecule has 0 aromatic rings. The molecule has 0 unspecified atom stereocenters. The number of aliphatic imine (C=N–C) groups is 1. The van der Waals surface area contributed by atoms with Crippen molar-refractivity contribution >= 4 is 24.1 Å². The van der Waals surface area contributed by atoms with Crippen LogP contribution in [-0.4, -0.2) is 27.5 Å². The molecular weight excluding hydrogens is 202 g/mol. The first-order chi connectivity index (χ1) is 5.23. The van der Waals surface area contributed by atoms with Gasteiger partial charge in [-0.1, -0.05) is 0 Å². The minimum atomic E-state index is -3.79. The third-order valence-electron chi connectivity index (χ3n) is 1.15. The van der Waals surface area contributed by atoms with Crippen molar-refractivity contribution in [3.8, 4) is 0 Å². The largest absolute Gasteiger partial charge is 0.251 e. The van der Waals surface area contributed by atoms with Gasteiger partial charge < -0.3 is 0 Å². The van der Waals surface area contributed by atoms with Gasteiger partial charge >= 0.3 is 0 Å². The summed E-state index contributed by atoms with van der Waals surface area (Å²) >= 11 is 0. The van der Waals surface area contributed by atoms with Crippen molar-refractivity contribution in [3.05, 3.63) is 11.1 Å². The molecule has 0 aromatic carbocycles. The Balaban J connectivity index is 3.44. The molecule has 0 saturated carbocycles. The van der Waals surface area contributed by atoms with E-state index in [2.05, 4.69) is 4.99 Å². The maximum absolute atomic E-state index is 11.0. The Morgan fingerprint density at radius 1 is 1.42 bits per heavy atom. The van der Waals surface area contributed by atoms with E-state index in [4.69, 9.17) is 0 Å². The van der Waals surface area contributed by atoms with Crippen molar-refractivity contribution in [3.63, 3.8) is 0 Å². The molecule has 0 bridgehead atoms. The van der Waals surface area contributed by atoms with E-state index in [1.54, 1.807) is 0 Å². The van der Waals surface area contributed by atoms with Gasteiger partial charge in [-0.05, 0) is 6.92 Å². The van der Waals surface area contributed by atoms with Gasteiger partial charge in [0.15, 0.2) is 0 Å². The molecular formula is C5H7NO4S2. The Hall–Kier alpha value is -0.690. The van der Waals surface area contributed by atoms with E-state index in [0.717, 1.165) is 11.7 Å². The summed E-state index contributed by atoms with van der Waals surface area (Å²) in [5.41, 5.74) is 0.190. The molecule has 5 nitrogen and oxygen atoms in total. The zero-order valence-electron chi connectivity index (χ0n) is 6.47. The topological polar surface area (TPSA) is 80.6 Å². The SMILES string of the molecule is CC1=CS(=O)(=O)C(S(C)(=O)=O)=N1. The van der Waals surface area contributed by atoms with Crippen LogP contribution in [0.2, 0.25) is 0 Å². The molecule has 0 amide bonds. The minimum Gasteiger partial charge on any atom is -0.230 e. The molecule has 1 heterocycles. The van der Waals surface area contributed by atoms with Gasteiger partial charge in [0.2, 0.25) is 19.7 Å². The predicted octanol–water partition coefficient (Wildman–Crippen LogP) is -0.323. The zero-order valence-corrected chi connectivity index (χ0v) is 8.11. The second-order valence-corrected chi connectivity index (χ2v) is 6.36. The summed E-state index contributed by atoms with van der Waals surface area (Å²) in [6.07, 6.45) is 0.815. The lowest BCUT2D eigenvalue weighted by atomic mass is 10.6. The minimum absolute atomic E-state index is 0.190. The van der Waals surface area contributed by atoms with Crippen LogP contribution in [-0.2, 0) is 19.7 Å². The van der Waals surface area contributed by atoms with Crippen molar-refractivity contribution in [2.75, 3.05) is 6.26 Å². The summed E-state index contributed by atoms with van der Waals surface area (Å²) in [5.74, 6) is 0. The summed E-state index contributed by atoms with van der Waals surface area (Å²) in [4.78, 5) is 3.41. The molecule has 1 rings (SSSR count). The Bertz CT molecular complexity index is 466. The average Bonchev–Trinajstić information content (AvgIpc) is 2.02. The van der Waals surface area contributed by atoms with E-state index in [-0.39, 0.29) is 5.70 Å². The van der Waals surface area contributed by atoms with Crippen molar-refractivity contribution in [1.29, 1.82) is 0 Å². The molecule has 12 heavy (non-hydrogen) atoms. The fourth-order valence-corrected chi connectivity index (χ4v) is 3.82. The standard InChI is InChI=1S/C5H7NO4S2/c1-4-3-12(9,10)5(6-4)11(2,7)8/h3H,1-2H3. The van der Waals surface area contributed by atoms with Crippen LogP contribution in [0.15, 0.2) is 16.1 Å². The second-order valence-electron chi connectivity index (χ2n) is 2.45. The zero-order chi connectivity index (χ0) is 9.57. The molecule has 1 aliphatic rings. The van der Waals surface area contributed by atoms with Crippen LogP contribution < -0.4 is 0 Å². The van der Waals surface area contributed by atoms with Gasteiger partial charge in [-0.2, -0.15) is 0 Å². The van der Waals surface area contributed by atoms with Crippen LogP contribution in [0.25, 0.3) is 0 Å². The van der Waals surface area contributed by atoms with E-state index in [1.165, 1.54) is 6.92 Å². The molecule has 0 saturated heterocycles. The third-order valence-corrected chi connectivity index (χ3v) is 4.71. The molecule has 0 aromatic heterocycles. The van der Waals surface area contributed by atoms with Crippen molar-refractivity contribution < 1.29 is 16.8 Å². The first kappa shape index (κ1) is 9.40. The highest BCUT2D eigenvalue weighted by atomic mass is 32.3. The van der Waals surface area contributed by atoms with Crippen LogP contribution in [0.3, 0.4) is 0 Å². The Kier molecular flexibility index (Phi) is 1.88. The van der Waals surface area contributed by atoms with E-state index < -0.39 is 24.1 Å². The van der Waals surface area contributed by atoms with E-state index in [0.29, 0.717) is 0 Å². The quantitative estimate of drug-likeness (QED) is 0.547. The fourth-order valence-electron chi connectivity index (χ4n) is 0.803. The van der Waals surface area contributed by atoms with Crippen molar-refractivity contribution in [2.24, 2.45) is 4.99 Å².